The van der Waals surface area contributed by atoms with E-state index >= 15 is 0 Å². The number of nitrogens with zero attached hydrogens (tertiary/aromatic N) is 2. The van der Waals surface area contributed by atoms with Crippen molar-refractivity contribution in [3.05, 3.63) is 71.8 Å². The summed E-state index contributed by atoms with van der Waals surface area (Å²) in [5, 5.41) is 0. The maximum atomic E-state index is 12.8. The lowest BCUT2D eigenvalue weighted by atomic mass is 10.1. The van der Waals surface area contributed by atoms with Crippen LogP contribution >= 0.6 is 0 Å². The van der Waals surface area contributed by atoms with Crippen molar-refractivity contribution in [2.24, 2.45) is 0 Å². The van der Waals surface area contributed by atoms with Crippen LogP contribution in [0.5, 0.6) is 0 Å². The molecule has 2 amide bonds. The summed E-state index contributed by atoms with van der Waals surface area (Å²) in [7, 11) is 0. The van der Waals surface area contributed by atoms with Crippen LogP contribution in [0.3, 0.4) is 0 Å². The van der Waals surface area contributed by atoms with E-state index in [2.05, 4.69) is 0 Å². The molecular weight excluding hydrogens is 472 g/mol. The minimum atomic E-state index is -0.575. The first-order valence-corrected chi connectivity index (χ1v) is 13.0. The van der Waals surface area contributed by atoms with Crippen LogP contribution in [0.25, 0.3) is 0 Å². The predicted molar refractivity (Wildman–Crippen MR) is 136 cm³/mol. The molecule has 2 aliphatic rings. The third-order valence-electron chi connectivity index (χ3n) is 6.92. The Hall–Kier alpha value is -3.68. The normalized spacial score (nSPS) is 19.0. The number of amides is 2. The van der Waals surface area contributed by atoms with Crippen LogP contribution in [0.15, 0.2) is 60.7 Å². The van der Waals surface area contributed by atoms with E-state index < -0.39 is 12.1 Å². The lowest BCUT2D eigenvalue weighted by Gasteiger charge is -2.25. The molecule has 0 saturated carbocycles. The molecule has 0 aliphatic carbocycles. The van der Waals surface area contributed by atoms with Crippen LogP contribution in [0.2, 0.25) is 0 Å². The van der Waals surface area contributed by atoms with Crippen LogP contribution in [-0.2, 0) is 41.9 Å². The Morgan fingerprint density at radius 1 is 0.649 bits per heavy atom. The van der Waals surface area contributed by atoms with Crippen LogP contribution in [0.1, 0.15) is 56.1 Å². The van der Waals surface area contributed by atoms with Crippen LogP contribution in [0, 0.1) is 0 Å². The van der Waals surface area contributed by atoms with Gasteiger partial charge in [-0.15, -0.1) is 0 Å². The fourth-order valence-corrected chi connectivity index (χ4v) is 4.95. The van der Waals surface area contributed by atoms with Crippen molar-refractivity contribution in [3.8, 4) is 0 Å². The van der Waals surface area contributed by atoms with Crippen molar-refractivity contribution in [3.63, 3.8) is 0 Å². The van der Waals surface area contributed by atoms with Gasteiger partial charge in [-0.3, -0.25) is 9.59 Å². The van der Waals surface area contributed by atoms with Gasteiger partial charge in [-0.25, -0.2) is 9.59 Å². The van der Waals surface area contributed by atoms with Crippen LogP contribution < -0.4 is 0 Å². The van der Waals surface area contributed by atoms with Gasteiger partial charge in [0, 0.05) is 25.9 Å². The molecule has 2 heterocycles. The van der Waals surface area contributed by atoms with E-state index in [0.29, 0.717) is 32.4 Å². The Labute approximate surface area is 217 Å². The lowest BCUT2D eigenvalue weighted by Crippen LogP contribution is -2.42. The summed E-state index contributed by atoms with van der Waals surface area (Å²) in [5.41, 5.74) is 1.80. The highest BCUT2D eigenvalue weighted by Crippen LogP contribution is 2.23. The number of hydrogen-bond acceptors (Lipinski definition) is 6. The van der Waals surface area contributed by atoms with Gasteiger partial charge in [0.15, 0.2) is 0 Å². The topological polar surface area (TPSA) is 93.2 Å². The molecule has 2 atom stereocenters. The van der Waals surface area contributed by atoms with Crippen molar-refractivity contribution in [2.45, 2.75) is 70.2 Å². The number of likely N-dealkylation sites (tertiary alicyclic amines) is 2. The molecule has 0 bridgehead atoms. The number of carbonyl (C=O) groups is 4. The minimum Gasteiger partial charge on any atom is -0.459 e. The fraction of sp³-hybridized carbons (Fsp3) is 0.448. The molecule has 2 aliphatic heterocycles. The highest BCUT2D eigenvalue weighted by molar-refractivity contribution is 5.87. The molecule has 2 unspecified atom stereocenters. The Morgan fingerprint density at radius 3 is 1.46 bits per heavy atom. The number of rotatable bonds is 10. The average Bonchev–Trinajstić information content (AvgIpc) is 3.62. The summed E-state index contributed by atoms with van der Waals surface area (Å²) in [6, 6.07) is 17.7. The Morgan fingerprint density at radius 2 is 1.05 bits per heavy atom. The van der Waals surface area contributed by atoms with E-state index in [0.717, 1.165) is 24.0 Å². The highest BCUT2D eigenvalue weighted by atomic mass is 16.5. The van der Waals surface area contributed by atoms with E-state index in [1.165, 1.54) is 0 Å². The molecule has 8 nitrogen and oxygen atoms in total. The first-order valence-electron chi connectivity index (χ1n) is 13.0. The SMILES string of the molecule is O=C(OCc1ccccc1)C1CCCN1C(=O)CCCC(=O)N1CCCC1C(=O)OCc1ccccc1. The first kappa shape index (κ1) is 26.4. The summed E-state index contributed by atoms with van der Waals surface area (Å²) >= 11 is 0. The maximum Gasteiger partial charge on any atom is 0.329 e. The smallest absolute Gasteiger partial charge is 0.329 e. The zero-order valence-electron chi connectivity index (χ0n) is 21.1. The fourth-order valence-electron chi connectivity index (χ4n) is 4.95. The van der Waals surface area contributed by atoms with Crippen LogP contribution in [0.4, 0.5) is 0 Å². The molecule has 0 N–H and O–H groups in total. The monoisotopic (exact) mass is 506 g/mol. The van der Waals surface area contributed by atoms with Crippen molar-refractivity contribution in [2.75, 3.05) is 13.1 Å². The van der Waals surface area contributed by atoms with Gasteiger partial charge in [0.25, 0.3) is 0 Å². The summed E-state index contributed by atoms with van der Waals surface area (Å²) < 4.78 is 10.9. The number of hydrogen-bond donors (Lipinski definition) is 0. The molecule has 2 saturated heterocycles. The summed E-state index contributed by atoms with van der Waals surface area (Å²) in [5.74, 6) is -1.07. The van der Waals surface area contributed by atoms with Gasteiger partial charge in [-0.2, -0.15) is 0 Å². The number of carbonyl (C=O) groups excluding carboxylic acids is 4. The molecule has 8 heteroatoms. The van der Waals surface area contributed by atoms with Crippen molar-refractivity contribution >= 4 is 23.8 Å². The summed E-state index contributed by atoms with van der Waals surface area (Å²) in [4.78, 5) is 54.1. The first-order chi connectivity index (χ1) is 18.0. The molecule has 196 valence electrons. The highest BCUT2D eigenvalue weighted by Gasteiger charge is 2.36. The third kappa shape index (κ3) is 7.18. The largest absolute Gasteiger partial charge is 0.459 e. The van der Waals surface area contributed by atoms with Gasteiger partial charge >= 0.3 is 11.9 Å². The van der Waals surface area contributed by atoms with Crippen LogP contribution in [-0.4, -0.2) is 58.7 Å². The van der Waals surface area contributed by atoms with Gasteiger partial charge in [0.1, 0.15) is 25.3 Å². The zero-order chi connectivity index (χ0) is 26.0. The Bertz CT molecular complexity index is 989. The Kier molecular flexibility index (Phi) is 9.29. The molecule has 2 aromatic rings. The zero-order valence-corrected chi connectivity index (χ0v) is 21.1. The molecule has 0 aromatic heterocycles. The minimum absolute atomic E-state index is 0.146. The second-order valence-electron chi connectivity index (χ2n) is 9.53. The predicted octanol–water partition coefficient (Wildman–Crippen LogP) is 3.63. The molecule has 0 radical (unpaired) electrons. The quantitative estimate of drug-likeness (QED) is 0.457. The summed E-state index contributed by atoms with van der Waals surface area (Å²) in [6.45, 7) is 1.38. The van der Waals surface area contributed by atoms with Crippen molar-refractivity contribution < 1.29 is 28.7 Å². The van der Waals surface area contributed by atoms with Crippen molar-refractivity contribution in [1.29, 1.82) is 0 Å². The molecule has 2 aromatic carbocycles. The second kappa shape index (κ2) is 13.0. The number of ether oxygens (including phenoxy) is 2. The molecule has 4 rings (SSSR count). The van der Waals surface area contributed by atoms with Crippen molar-refractivity contribution in [1.82, 2.24) is 9.80 Å². The molecular formula is C29H34N2O6. The lowest BCUT2D eigenvalue weighted by molar-refractivity contribution is -0.155. The summed E-state index contributed by atoms with van der Waals surface area (Å²) in [6.07, 6.45) is 3.36. The molecule has 0 spiro atoms. The average molecular weight is 507 g/mol. The molecule has 37 heavy (non-hydrogen) atoms. The van der Waals surface area contributed by atoms with E-state index in [4.69, 9.17) is 9.47 Å². The third-order valence-corrected chi connectivity index (χ3v) is 6.92. The Balaban J connectivity index is 1.20. The van der Waals surface area contributed by atoms with Gasteiger partial charge in [-0.1, -0.05) is 60.7 Å². The van der Waals surface area contributed by atoms with Gasteiger partial charge in [0.05, 0.1) is 0 Å². The maximum absolute atomic E-state index is 12.8. The van der Waals surface area contributed by atoms with E-state index in [1.807, 2.05) is 60.7 Å². The number of benzene rings is 2. The number of esters is 2. The standard InChI is InChI=1S/C29H34N2O6/c32-26(30-18-8-14-24(30)28(34)36-20-22-10-3-1-4-11-22)16-7-17-27(33)31-19-9-15-25(31)29(35)37-21-23-12-5-2-6-13-23/h1-6,10-13,24-25H,7-9,14-21H2. The second-order valence-corrected chi connectivity index (χ2v) is 9.53. The van der Waals surface area contributed by atoms with E-state index in [1.54, 1.807) is 9.80 Å². The van der Waals surface area contributed by atoms with Gasteiger partial charge in [0.2, 0.25) is 11.8 Å². The van der Waals surface area contributed by atoms with Gasteiger partial charge < -0.3 is 19.3 Å². The van der Waals surface area contributed by atoms with E-state index in [9.17, 15) is 19.2 Å². The molecule has 2 fully saturated rings. The van der Waals surface area contributed by atoms with E-state index in [-0.39, 0.29) is 49.8 Å². The van der Waals surface area contributed by atoms with Gasteiger partial charge in [-0.05, 0) is 43.2 Å².